The van der Waals surface area contributed by atoms with Gasteiger partial charge < -0.3 is 15.8 Å². The maximum atomic E-state index is 12.5. The van der Waals surface area contributed by atoms with Gasteiger partial charge in [-0.3, -0.25) is 4.79 Å². The molecular weight excluding hydrogens is 364 g/mol. The lowest BCUT2D eigenvalue weighted by Gasteiger charge is -2.14. The van der Waals surface area contributed by atoms with Crippen LogP contribution in [0.15, 0.2) is 35.6 Å². The smallest absolute Gasteiger partial charge is 0.343 e. The number of aromatic nitrogens is 2. The topological polar surface area (TPSA) is 107 Å². The van der Waals surface area contributed by atoms with E-state index >= 15 is 0 Å². The molecule has 0 spiro atoms. The van der Waals surface area contributed by atoms with Gasteiger partial charge in [0.15, 0.2) is 5.16 Å². The van der Waals surface area contributed by atoms with Crippen molar-refractivity contribution in [2.45, 2.75) is 44.1 Å². The van der Waals surface area contributed by atoms with Crippen LogP contribution in [0.5, 0.6) is 0 Å². The van der Waals surface area contributed by atoms with Gasteiger partial charge in [-0.1, -0.05) is 48.5 Å². The number of benzene rings is 1. The molecule has 0 aliphatic rings. The Morgan fingerprint density at radius 3 is 2.56 bits per heavy atom. The van der Waals surface area contributed by atoms with Gasteiger partial charge in [0.05, 0.1) is 11.9 Å². The Balaban J connectivity index is 1.98. The maximum Gasteiger partial charge on any atom is 0.343 e. The normalized spacial score (nSPS) is 11.7. The quantitative estimate of drug-likeness (QED) is 0.407. The molecule has 1 aromatic carbocycles. The molecule has 1 atom stereocenters. The van der Waals surface area contributed by atoms with Crippen molar-refractivity contribution >= 4 is 29.5 Å². The predicted molar refractivity (Wildman–Crippen MR) is 105 cm³/mol. The van der Waals surface area contributed by atoms with Crippen LogP contribution in [-0.2, 0) is 16.1 Å². The van der Waals surface area contributed by atoms with Crippen LogP contribution in [-0.4, -0.2) is 33.7 Å². The standard InChI is InChI=1S/C19H24N4O3S/c1-4-15(17(24)21-10-13-8-6-12(3)7-9-13)27-19-22-11-14(16(20)23-19)18(25)26-5-2/h6-9,11,15H,4-5,10H2,1-3H3,(H,21,24)(H2,20,22,23). The molecule has 0 aliphatic heterocycles. The van der Waals surface area contributed by atoms with Crippen LogP contribution in [0.1, 0.15) is 41.8 Å². The zero-order valence-electron chi connectivity index (χ0n) is 15.7. The van der Waals surface area contributed by atoms with Gasteiger partial charge in [0.2, 0.25) is 5.91 Å². The number of nitrogens with zero attached hydrogens (tertiary/aromatic N) is 2. The number of nitrogens with two attached hydrogens (primary N) is 1. The number of anilines is 1. The van der Waals surface area contributed by atoms with Crippen molar-refractivity contribution in [2.24, 2.45) is 0 Å². The first kappa shape index (κ1) is 20.7. The lowest BCUT2D eigenvalue weighted by molar-refractivity contribution is -0.120. The van der Waals surface area contributed by atoms with Gasteiger partial charge in [-0.15, -0.1) is 0 Å². The Morgan fingerprint density at radius 2 is 1.96 bits per heavy atom. The van der Waals surface area contributed by atoms with Gasteiger partial charge in [-0.2, -0.15) is 0 Å². The van der Waals surface area contributed by atoms with Crippen molar-refractivity contribution in [3.8, 4) is 0 Å². The Kier molecular flexibility index (Phi) is 7.60. The van der Waals surface area contributed by atoms with E-state index in [0.29, 0.717) is 18.1 Å². The number of hydrogen-bond donors (Lipinski definition) is 2. The molecule has 0 fully saturated rings. The molecule has 7 nitrogen and oxygen atoms in total. The van der Waals surface area contributed by atoms with E-state index in [2.05, 4.69) is 15.3 Å². The minimum atomic E-state index is -0.561. The van der Waals surface area contributed by atoms with Crippen molar-refractivity contribution in [1.82, 2.24) is 15.3 Å². The van der Waals surface area contributed by atoms with Crippen molar-refractivity contribution in [2.75, 3.05) is 12.3 Å². The first-order chi connectivity index (χ1) is 12.9. The van der Waals surface area contributed by atoms with Crippen molar-refractivity contribution in [3.05, 3.63) is 47.2 Å². The molecule has 0 bridgehead atoms. The van der Waals surface area contributed by atoms with Crippen LogP contribution < -0.4 is 11.1 Å². The molecule has 0 radical (unpaired) electrons. The third-order valence-electron chi connectivity index (χ3n) is 3.79. The SMILES string of the molecule is CCOC(=O)c1cnc(SC(CC)C(=O)NCc2ccc(C)cc2)nc1N. The second kappa shape index (κ2) is 9.91. The first-order valence-corrected chi connectivity index (χ1v) is 9.62. The molecule has 2 rings (SSSR count). The van der Waals surface area contributed by atoms with Gasteiger partial charge in [0.1, 0.15) is 11.4 Å². The number of ether oxygens (including phenoxy) is 1. The summed E-state index contributed by atoms with van der Waals surface area (Å²) in [5.41, 5.74) is 8.16. The number of amides is 1. The molecule has 27 heavy (non-hydrogen) atoms. The lowest BCUT2D eigenvalue weighted by atomic mass is 10.1. The Morgan fingerprint density at radius 1 is 1.26 bits per heavy atom. The number of nitrogens with one attached hydrogen (secondary N) is 1. The van der Waals surface area contributed by atoms with E-state index in [0.717, 1.165) is 5.56 Å². The van der Waals surface area contributed by atoms with Crippen LogP contribution in [0.4, 0.5) is 5.82 Å². The molecule has 144 valence electrons. The van der Waals surface area contributed by atoms with Gasteiger partial charge in [-0.05, 0) is 25.8 Å². The van der Waals surface area contributed by atoms with Crippen molar-refractivity contribution in [3.63, 3.8) is 0 Å². The molecule has 3 N–H and O–H groups in total. The largest absolute Gasteiger partial charge is 0.462 e. The zero-order chi connectivity index (χ0) is 19.8. The van der Waals surface area contributed by atoms with E-state index in [9.17, 15) is 9.59 Å². The van der Waals surface area contributed by atoms with Crippen LogP contribution in [0.2, 0.25) is 0 Å². The Hall–Kier alpha value is -2.61. The van der Waals surface area contributed by atoms with Crippen LogP contribution in [0, 0.1) is 6.92 Å². The summed E-state index contributed by atoms with van der Waals surface area (Å²) < 4.78 is 4.90. The molecule has 0 aliphatic carbocycles. The van der Waals surface area contributed by atoms with Crippen molar-refractivity contribution in [1.29, 1.82) is 0 Å². The summed E-state index contributed by atoms with van der Waals surface area (Å²) >= 11 is 1.22. The second-order valence-corrected chi connectivity index (χ2v) is 7.06. The van der Waals surface area contributed by atoms with Gasteiger partial charge in [0, 0.05) is 12.7 Å². The van der Waals surface area contributed by atoms with Gasteiger partial charge in [0.25, 0.3) is 0 Å². The van der Waals surface area contributed by atoms with E-state index in [1.165, 1.54) is 23.5 Å². The van der Waals surface area contributed by atoms with Crippen LogP contribution in [0.25, 0.3) is 0 Å². The van der Waals surface area contributed by atoms with Crippen LogP contribution in [0.3, 0.4) is 0 Å². The van der Waals surface area contributed by atoms with E-state index in [1.54, 1.807) is 6.92 Å². The highest BCUT2D eigenvalue weighted by atomic mass is 32.2. The molecule has 1 unspecified atom stereocenters. The minimum Gasteiger partial charge on any atom is -0.462 e. The average Bonchev–Trinajstić information content (AvgIpc) is 2.65. The fraction of sp³-hybridized carbons (Fsp3) is 0.368. The maximum absolute atomic E-state index is 12.5. The Labute approximate surface area is 163 Å². The van der Waals surface area contributed by atoms with E-state index in [1.807, 2.05) is 38.1 Å². The third-order valence-corrected chi connectivity index (χ3v) is 5.03. The summed E-state index contributed by atoms with van der Waals surface area (Å²) in [6.07, 6.45) is 1.94. The minimum absolute atomic E-state index is 0.0425. The van der Waals surface area contributed by atoms with Gasteiger partial charge >= 0.3 is 5.97 Å². The average molecular weight is 388 g/mol. The number of nitrogen functional groups attached to an aromatic ring is 1. The zero-order valence-corrected chi connectivity index (χ0v) is 16.5. The fourth-order valence-corrected chi connectivity index (χ4v) is 3.14. The predicted octanol–water partition coefficient (Wildman–Crippen LogP) is 2.73. The van der Waals surface area contributed by atoms with E-state index in [4.69, 9.17) is 10.5 Å². The number of hydrogen-bond acceptors (Lipinski definition) is 7. The molecule has 0 saturated carbocycles. The summed E-state index contributed by atoms with van der Waals surface area (Å²) in [4.78, 5) is 32.5. The molecule has 8 heteroatoms. The number of carbonyl (C=O) groups excluding carboxylic acids is 2. The number of carbonyl (C=O) groups is 2. The summed E-state index contributed by atoms with van der Waals surface area (Å²) in [6, 6.07) is 7.99. The van der Waals surface area contributed by atoms with Gasteiger partial charge in [-0.25, -0.2) is 14.8 Å². The Bertz CT molecular complexity index is 796. The number of aryl methyl sites for hydroxylation is 1. The highest BCUT2D eigenvalue weighted by Gasteiger charge is 2.21. The number of thioether (sulfide) groups is 1. The summed E-state index contributed by atoms with van der Waals surface area (Å²) in [5, 5.41) is 2.92. The fourth-order valence-electron chi connectivity index (χ4n) is 2.26. The van der Waals surface area contributed by atoms with E-state index in [-0.39, 0.29) is 29.1 Å². The van der Waals surface area contributed by atoms with E-state index < -0.39 is 5.97 Å². The van der Waals surface area contributed by atoms with Crippen molar-refractivity contribution < 1.29 is 14.3 Å². The second-order valence-electron chi connectivity index (χ2n) is 5.89. The summed E-state index contributed by atoms with van der Waals surface area (Å²) in [7, 11) is 0. The lowest BCUT2D eigenvalue weighted by Crippen LogP contribution is -2.32. The molecule has 1 amide bonds. The highest BCUT2D eigenvalue weighted by Crippen LogP contribution is 2.24. The highest BCUT2D eigenvalue weighted by molar-refractivity contribution is 8.00. The first-order valence-electron chi connectivity index (χ1n) is 8.74. The molecule has 1 heterocycles. The summed E-state index contributed by atoms with van der Waals surface area (Å²) in [6.45, 7) is 6.35. The molecule has 2 aromatic rings. The monoisotopic (exact) mass is 388 g/mol. The summed E-state index contributed by atoms with van der Waals surface area (Å²) in [5.74, 6) is -0.616. The third kappa shape index (κ3) is 5.96. The van der Waals surface area contributed by atoms with Crippen LogP contribution >= 0.6 is 11.8 Å². The molecular formula is C19H24N4O3S. The molecule has 1 aromatic heterocycles. The number of rotatable bonds is 8. The molecule has 0 saturated heterocycles. The number of esters is 1.